The summed E-state index contributed by atoms with van der Waals surface area (Å²) >= 11 is 0. The van der Waals surface area contributed by atoms with Crippen LogP contribution in [0.4, 0.5) is 0 Å². The third-order valence-electron chi connectivity index (χ3n) is 4.08. The molecule has 0 aromatic heterocycles. The van der Waals surface area contributed by atoms with E-state index < -0.39 is 0 Å². The van der Waals surface area contributed by atoms with E-state index in [4.69, 9.17) is 4.74 Å². The molecule has 0 bridgehead atoms. The average molecular weight is 309 g/mol. The summed E-state index contributed by atoms with van der Waals surface area (Å²) in [6.45, 7) is 1.45. The summed E-state index contributed by atoms with van der Waals surface area (Å²) in [7, 11) is 0. The van der Waals surface area contributed by atoms with Crippen LogP contribution in [0.1, 0.15) is 40.9 Å². The highest BCUT2D eigenvalue weighted by Crippen LogP contribution is 2.30. The Bertz CT molecular complexity index is 739. The number of ether oxygens (including phenoxy) is 1. The first-order valence-electron chi connectivity index (χ1n) is 7.74. The van der Waals surface area contributed by atoms with Gasteiger partial charge in [0.1, 0.15) is 5.75 Å². The number of carbonyl (C=O) groups is 2. The smallest absolute Gasteiger partial charge is 0.258 e. The number of Topliss-reactive ketones (excluding diaryl/α,β-unsaturated/α-hetero) is 1. The van der Waals surface area contributed by atoms with Crippen LogP contribution < -0.4 is 10.1 Å². The quantitative estimate of drug-likeness (QED) is 0.864. The van der Waals surface area contributed by atoms with Crippen molar-refractivity contribution >= 4 is 11.7 Å². The van der Waals surface area contributed by atoms with Gasteiger partial charge in [0.15, 0.2) is 12.4 Å². The zero-order valence-corrected chi connectivity index (χ0v) is 13.0. The molecule has 0 heterocycles. The fraction of sp³-hybridized carbons (Fsp3) is 0.263. The predicted octanol–water partition coefficient (Wildman–Crippen LogP) is 3.07. The topological polar surface area (TPSA) is 55.4 Å². The van der Waals surface area contributed by atoms with Crippen molar-refractivity contribution in [2.45, 2.75) is 25.8 Å². The molecule has 0 fully saturated rings. The lowest BCUT2D eigenvalue weighted by molar-refractivity contribution is -0.123. The molecule has 0 radical (unpaired) electrons. The average Bonchev–Trinajstić information content (AvgIpc) is 2.96. The summed E-state index contributed by atoms with van der Waals surface area (Å²) in [5.74, 6) is 0.349. The second-order valence-electron chi connectivity index (χ2n) is 5.73. The van der Waals surface area contributed by atoms with Gasteiger partial charge >= 0.3 is 0 Å². The fourth-order valence-electron chi connectivity index (χ4n) is 2.90. The molecule has 23 heavy (non-hydrogen) atoms. The van der Waals surface area contributed by atoms with Crippen LogP contribution in [-0.4, -0.2) is 18.3 Å². The van der Waals surface area contributed by atoms with Crippen molar-refractivity contribution in [3.63, 3.8) is 0 Å². The number of hydrogen-bond acceptors (Lipinski definition) is 3. The van der Waals surface area contributed by atoms with Gasteiger partial charge in [-0.05, 0) is 43.0 Å². The van der Waals surface area contributed by atoms with Gasteiger partial charge in [0.05, 0.1) is 6.04 Å². The second kappa shape index (κ2) is 6.65. The van der Waals surface area contributed by atoms with Gasteiger partial charge in [-0.25, -0.2) is 0 Å². The Morgan fingerprint density at radius 1 is 1.17 bits per heavy atom. The molecule has 1 aliphatic carbocycles. The minimum atomic E-state index is -0.153. The van der Waals surface area contributed by atoms with Crippen LogP contribution >= 0.6 is 0 Å². The molecule has 4 nitrogen and oxygen atoms in total. The minimum Gasteiger partial charge on any atom is -0.484 e. The molecule has 0 spiro atoms. The molecule has 4 heteroatoms. The van der Waals surface area contributed by atoms with Crippen LogP contribution in [0.25, 0.3) is 0 Å². The Labute approximate surface area is 135 Å². The van der Waals surface area contributed by atoms with E-state index >= 15 is 0 Å². The van der Waals surface area contributed by atoms with Gasteiger partial charge in [-0.15, -0.1) is 0 Å². The number of aryl methyl sites for hydroxylation is 1. The van der Waals surface area contributed by atoms with Crippen molar-refractivity contribution in [1.82, 2.24) is 5.32 Å². The second-order valence-corrected chi connectivity index (χ2v) is 5.73. The first-order valence-corrected chi connectivity index (χ1v) is 7.74. The van der Waals surface area contributed by atoms with E-state index in [9.17, 15) is 9.59 Å². The van der Waals surface area contributed by atoms with Gasteiger partial charge in [-0.2, -0.15) is 0 Å². The first kappa shape index (κ1) is 15.3. The van der Waals surface area contributed by atoms with Crippen molar-refractivity contribution in [2.24, 2.45) is 0 Å². The molecule has 2 aromatic rings. The summed E-state index contributed by atoms with van der Waals surface area (Å²) in [6, 6.07) is 15.1. The van der Waals surface area contributed by atoms with Gasteiger partial charge in [0, 0.05) is 5.56 Å². The van der Waals surface area contributed by atoms with E-state index in [1.165, 1.54) is 18.1 Å². The monoisotopic (exact) mass is 309 g/mol. The molecule has 0 aliphatic heterocycles. The summed E-state index contributed by atoms with van der Waals surface area (Å²) < 4.78 is 5.49. The third kappa shape index (κ3) is 3.59. The SMILES string of the molecule is CC(=O)c1cccc(OCC(=O)NC2CCc3ccccc32)c1. The van der Waals surface area contributed by atoms with Crippen LogP contribution in [0, 0.1) is 0 Å². The molecule has 1 amide bonds. The largest absolute Gasteiger partial charge is 0.484 e. The van der Waals surface area contributed by atoms with Gasteiger partial charge in [-0.3, -0.25) is 9.59 Å². The molecule has 1 atom stereocenters. The highest BCUT2D eigenvalue weighted by molar-refractivity contribution is 5.94. The molecule has 1 aliphatic rings. The lowest BCUT2D eigenvalue weighted by Crippen LogP contribution is -2.31. The maximum Gasteiger partial charge on any atom is 0.258 e. The van der Waals surface area contributed by atoms with Crippen molar-refractivity contribution in [3.05, 3.63) is 65.2 Å². The zero-order valence-electron chi connectivity index (χ0n) is 13.0. The van der Waals surface area contributed by atoms with Gasteiger partial charge < -0.3 is 10.1 Å². The molecule has 118 valence electrons. The Morgan fingerprint density at radius 2 is 2.00 bits per heavy atom. The van der Waals surface area contributed by atoms with Crippen molar-refractivity contribution < 1.29 is 14.3 Å². The molecule has 0 saturated carbocycles. The van der Waals surface area contributed by atoms with Crippen molar-refractivity contribution in [2.75, 3.05) is 6.61 Å². The van der Waals surface area contributed by atoms with E-state index in [0.29, 0.717) is 11.3 Å². The summed E-state index contributed by atoms with van der Waals surface area (Å²) in [5, 5.41) is 3.01. The number of amides is 1. The molecule has 1 unspecified atom stereocenters. The van der Waals surface area contributed by atoms with Crippen molar-refractivity contribution in [1.29, 1.82) is 0 Å². The van der Waals surface area contributed by atoms with Crippen LogP contribution in [0.3, 0.4) is 0 Å². The lowest BCUT2D eigenvalue weighted by Gasteiger charge is -2.14. The summed E-state index contributed by atoms with van der Waals surface area (Å²) in [5.41, 5.74) is 3.07. The highest BCUT2D eigenvalue weighted by atomic mass is 16.5. The summed E-state index contributed by atoms with van der Waals surface area (Å²) in [6.07, 6.45) is 1.91. The highest BCUT2D eigenvalue weighted by Gasteiger charge is 2.23. The number of carbonyl (C=O) groups excluding carboxylic acids is 2. The van der Waals surface area contributed by atoms with Gasteiger partial charge in [0.2, 0.25) is 0 Å². The minimum absolute atomic E-state index is 0.0255. The fourth-order valence-corrected chi connectivity index (χ4v) is 2.90. The van der Waals surface area contributed by atoms with Crippen LogP contribution in [0.5, 0.6) is 5.75 Å². The van der Waals surface area contributed by atoms with Crippen LogP contribution in [0.15, 0.2) is 48.5 Å². The Morgan fingerprint density at radius 3 is 2.83 bits per heavy atom. The standard InChI is InChI=1S/C19H19NO3/c1-13(21)15-6-4-7-16(11-15)23-12-19(22)20-18-10-9-14-5-2-3-8-17(14)18/h2-8,11,18H,9-10,12H2,1H3,(H,20,22). The maximum absolute atomic E-state index is 12.1. The lowest BCUT2D eigenvalue weighted by atomic mass is 10.1. The van der Waals surface area contributed by atoms with Crippen LogP contribution in [0.2, 0.25) is 0 Å². The third-order valence-corrected chi connectivity index (χ3v) is 4.08. The van der Waals surface area contributed by atoms with Gasteiger partial charge in [0.25, 0.3) is 5.91 Å². The number of ketones is 1. The molecular weight excluding hydrogens is 290 g/mol. The normalized spacial score (nSPS) is 15.8. The Kier molecular flexibility index (Phi) is 4.42. The number of rotatable bonds is 5. The molecule has 0 saturated heterocycles. The van der Waals surface area contributed by atoms with E-state index in [1.54, 1.807) is 24.3 Å². The van der Waals surface area contributed by atoms with E-state index in [0.717, 1.165) is 12.8 Å². The Balaban J connectivity index is 1.57. The molecule has 2 aromatic carbocycles. The maximum atomic E-state index is 12.1. The number of benzene rings is 2. The number of nitrogens with one attached hydrogen (secondary N) is 1. The Hall–Kier alpha value is -2.62. The number of fused-ring (bicyclic) bond motifs is 1. The predicted molar refractivity (Wildman–Crippen MR) is 87.6 cm³/mol. The van der Waals surface area contributed by atoms with E-state index in [2.05, 4.69) is 17.4 Å². The zero-order chi connectivity index (χ0) is 16.2. The number of hydrogen-bond donors (Lipinski definition) is 1. The first-order chi connectivity index (χ1) is 11.1. The molecule has 3 rings (SSSR count). The van der Waals surface area contributed by atoms with Crippen LogP contribution in [-0.2, 0) is 11.2 Å². The van der Waals surface area contributed by atoms with Gasteiger partial charge in [-0.1, -0.05) is 36.4 Å². The molecular formula is C19H19NO3. The summed E-state index contributed by atoms with van der Waals surface area (Å²) in [4.78, 5) is 23.4. The molecule has 1 N–H and O–H groups in total. The van der Waals surface area contributed by atoms with E-state index in [1.807, 2.05) is 12.1 Å². The van der Waals surface area contributed by atoms with Crippen molar-refractivity contribution in [3.8, 4) is 5.75 Å². The van der Waals surface area contributed by atoms with E-state index in [-0.39, 0.29) is 24.3 Å².